The number of anilines is 3. The molecule has 2 aromatic carbocycles. The van der Waals surface area contributed by atoms with Crippen LogP contribution in [0.2, 0.25) is 0 Å². The Balaban J connectivity index is 0.00000141. The molecule has 0 unspecified atom stereocenters. The lowest BCUT2D eigenvalue weighted by atomic mass is 10.1. The number of hydrazine groups is 1. The van der Waals surface area contributed by atoms with Gasteiger partial charge in [0.1, 0.15) is 18.6 Å². The van der Waals surface area contributed by atoms with Gasteiger partial charge in [0.25, 0.3) is 5.56 Å². The van der Waals surface area contributed by atoms with Crippen molar-refractivity contribution in [2.75, 3.05) is 49.5 Å². The van der Waals surface area contributed by atoms with E-state index in [4.69, 9.17) is 9.53 Å². The average molecular weight is 598 g/mol. The molecule has 2 heterocycles. The predicted octanol–water partition coefficient (Wildman–Crippen LogP) is 5.67. The average Bonchev–Trinajstić information content (AvgIpc) is 3.56. The molecule has 1 saturated heterocycles. The zero-order chi connectivity index (χ0) is 31.3. The number of allylic oxidation sites excluding steroid dienone is 3. The Hall–Kier alpha value is -4.63. The van der Waals surface area contributed by atoms with Gasteiger partial charge in [-0.1, -0.05) is 30.4 Å². The molecule has 2 N–H and O–H groups in total. The largest absolute Gasteiger partial charge is 0.489 e. The van der Waals surface area contributed by atoms with E-state index in [9.17, 15) is 9.59 Å². The number of nitrogens with one attached hydrogen (secondary N) is 2. The zero-order valence-electron chi connectivity index (χ0n) is 25.9. The Morgan fingerprint density at radius 1 is 1.02 bits per heavy atom. The van der Waals surface area contributed by atoms with Gasteiger partial charge in [-0.2, -0.15) is 0 Å². The second kappa shape index (κ2) is 16.3. The molecule has 1 aliphatic heterocycles. The molecule has 0 amide bonds. The number of carbonyl (C=O) groups excluding carboxylic acids is 2. The highest BCUT2D eigenvalue weighted by Gasteiger charge is 2.21. The van der Waals surface area contributed by atoms with Crippen LogP contribution in [0, 0.1) is 0 Å². The van der Waals surface area contributed by atoms with Crippen LogP contribution >= 0.6 is 0 Å². The van der Waals surface area contributed by atoms with Crippen molar-refractivity contribution < 1.29 is 14.3 Å². The number of nitrogens with zero attached hydrogens (tertiary/aromatic N) is 3. The van der Waals surface area contributed by atoms with Gasteiger partial charge in [-0.05, 0) is 93.2 Å². The van der Waals surface area contributed by atoms with E-state index in [1.165, 1.54) is 18.6 Å². The van der Waals surface area contributed by atoms with E-state index in [0.29, 0.717) is 30.9 Å². The molecular weight excluding hydrogens is 554 g/mol. The van der Waals surface area contributed by atoms with Gasteiger partial charge in [-0.3, -0.25) is 24.9 Å². The summed E-state index contributed by atoms with van der Waals surface area (Å²) < 4.78 is 7.71. The second-order valence-corrected chi connectivity index (χ2v) is 10.9. The summed E-state index contributed by atoms with van der Waals surface area (Å²) in [5.41, 5.74) is 9.02. The highest BCUT2D eigenvalue weighted by atomic mass is 16.5. The third-order valence-electron chi connectivity index (χ3n) is 7.74. The molecule has 9 heteroatoms. The van der Waals surface area contributed by atoms with Gasteiger partial charge < -0.3 is 19.4 Å². The van der Waals surface area contributed by atoms with Crippen molar-refractivity contribution in [2.24, 2.45) is 0 Å². The van der Waals surface area contributed by atoms with Crippen LogP contribution in [-0.4, -0.2) is 55.8 Å². The van der Waals surface area contributed by atoms with E-state index in [0.717, 1.165) is 79.7 Å². The van der Waals surface area contributed by atoms with E-state index in [-0.39, 0.29) is 5.56 Å². The smallest absolute Gasteiger partial charge is 0.253 e. The summed E-state index contributed by atoms with van der Waals surface area (Å²) in [7, 11) is 3.75. The van der Waals surface area contributed by atoms with Gasteiger partial charge in [0, 0.05) is 38.1 Å². The van der Waals surface area contributed by atoms with Crippen molar-refractivity contribution in [3.05, 3.63) is 106 Å². The monoisotopic (exact) mass is 597 g/mol. The molecule has 0 atom stereocenters. The Morgan fingerprint density at radius 3 is 2.43 bits per heavy atom. The van der Waals surface area contributed by atoms with Crippen LogP contribution in [0.25, 0.3) is 0 Å². The minimum absolute atomic E-state index is 0.147. The van der Waals surface area contributed by atoms with Crippen molar-refractivity contribution in [1.29, 1.82) is 0 Å². The van der Waals surface area contributed by atoms with Crippen LogP contribution in [-0.2, 0) is 17.9 Å². The molecule has 0 spiro atoms. The topological polar surface area (TPSA) is 95.9 Å². The van der Waals surface area contributed by atoms with Crippen molar-refractivity contribution >= 4 is 29.6 Å². The van der Waals surface area contributed by atoms with Gasteiger partial charge in [0.05, 0.1) is 23.5 Å². The highest BCUT2D eigenvalue weighted by molar-refractivity contribution is 5.86. The summed E-state index contributed by atoms with van der Waals surface area (Å²) in [5, 5.41) is 4.98. The fourth-order valence-corrected chi connectivity index (χ4v) is 5.40. The van der Waals surface area contributed by atoms with Crippen LogP contribution in [0.1, 0.15) is 54.2 Å². The molecule has 1 aromatic heterocycles. The van der Waals surface area contributed by atoms with Crippen LogP contribution in [0.3, 0.4) is 0 Å². The normalized spacial score (nSPS) is 14.2. The lowest BCUT2D eigenvalue weighted by Crippen LogP contribution is -2.33. The maximum Gasteiger partial charge on any atom is 0.253 e. The Bertz CT molecular complexity index is 1520. The highest BCUT2D eigenvalue weighted by Crippen LogP contribution is 2.25. The fraction of sp³-hybridized carbons (Fsp3) is 0.343. The first-order chi connectivity index (χ1) is 21.4. The Labute approximate surface area is 259 Å². The molecule has 0 saturated carbocycles. The molecule has 3 aromatic rings. The standard InChI is InChI=1S/C33H39N5O3.C2H4O/c1-34-27-12-8-11-26(19-27)21-38-32(22-37-17-6-7-18-37)30(23-39)31(20-33(38)40)35-36(2)28-13-15-29(16-14-28)41-24-25-9-4-3-5-10-25;1-2-3/h3-4,8-9,11-16,19-20,23,34-35H,5-7,10,17-18,21-22,24H2,1-2H3;2H,1H3. The number of hydrogen-bond donors (Lipinski definition) is 2. The maximum absolute atomic E-state index is 13.6. The van der Waals surface area contributed by atoms with Gasteiger partial charge >= 0.3 is 0 Å². The molecule has 1 aliphatic carbocycles. The second-order valence-electron chi connectivity index (χ2n) is 10.9. The molecular formula is C35H43N5O4. The number of hydrogen-bond acceptors (Lipinski definition) is 8. The van der Waals surface area contributed by atoms with Crippen LogP contribution in [0.5, 0.6) is 5.75 Å². The summed E-state index contributed by atoms with van der Waals surface area (Å²) in [5.74, 6) is 0.795. The zero-order valence-corrected chi connectivity index (χ0v) is 25.9. The Kier molecular flexibility index (Phi) is 11.9. The number of likely N-dealkylation sites (tertiary alicyclic amines) is 1. The number of aldehydes is 2. The molecule has 2 aliphatic rings. The van der Waals surface area contributed by atoms with Gasteiger partial charge in [0.15, 0.2) is 6.29 Å². The first-order valence-corrected chi connectivity index (χ1v) is 15.1. The summed E-state index contributed by atoms with van der Waals surface area (Å²) in [4.78, 5) is 37.3. The number of pyridine rings is 1. The van der Waals surface area contributed by atoms with E-state index < -0.39 is 0 Å². The molecule has 1 fully saturated rings. The third-order valence-corrected chi connectivity index (χ3v) is 7.74. The van der Waals surface area contributed by atoms with Gasteiger partial charge in [-0.25, -0.2) is 0 Å². The van der Waals surface area contributed by atoms with E-state index in [1.54, 1.807) is 4.57 Å². The van der Waals surface area contributed by atoms with Crippen molar-refractivity contribution in [1.82, 2.24) is 9.47 Å². The van der Waals surface area contributed by atoms with Crippen LogP contribution in [0.4, 0.5) is 17.1 Å². The number of benzene rings is 2. The minimum Gasteiger partial charge on any atom is -0.489 e. The molecule has 5 rings (SSSR count). The molecule has 9 nitrogen and oxygen atoms in total. The van der Waals surface area contributed by atoms with Crippen molar-refractivity contribution in [3.63, 3.8) is 0 Å². The summed E-state index contributed by atoms with van der Waals surface area (Å²) in [6.45, 7) is 4.88. The third kappa shape index (κ3) is 8.70. The minimum atomic E-state index is -0.147. The number of ether oxygens (including phenoxy) is 1. The summed E-state index contributed by atoms with van der Waals surface area (Å²) in [6, 6.07) is 17.3. The SMILES string of the molecule is CC=O.CNc1cccc(Cn2c(CN3CCCC3)c(C=O)c(NN(C)c3ccc(OCC4=CC=CCC4)cc3)cc2=O)c1. The number of aromatic nitrogens is 1. The number of carbonyl (C=O) groups is 2. The molecule has 0 bridgehead atoms. The van der Waals surface area contributed by atoms with Gasteiger partial charge in [0.2, 0.25) is 0 Å². The predicted molar refractivity (Wildman–Crippen MR) is 178 cm³/mol. The first-order valence-electron chi connectivity index (χ1n) is 15.1. The fourth-order valence-electron chi connectivity index (χ4n) is 5.40. The van der Waals surface area contributed by atoms with Crippen molar-refractivity contribution in [2.45, 2.75) is 45.7 Å². The first kappa shape index (κ1) is 32.3. The Morgan fingerprint density at radius 2 is 1.77 bits per heavy atom. The van der Waals surface area contributed by atoms with E-state index in [2.05, 4.69) is 33.9 Å². The van der Waals surface area contributed by atoms with E-state index in [1.807, 2.05) is 67.6 Å². The maximum atomic E-state index is 13.6. The quantitative estimate of drug-likeness (QED) is 0.204. The van der Waals surface area contributed by atoms with Crippen LogP contribution in [0.15, 0.2) is 83.2 Å². The number of rotatable bonds is 12. The lowest BCUT2D eigenvalue weighted by Gasteiger charge is -2.26. The summed E-state index contributed by atoms with van der Waals surface area (Å²) >= 11 is 0. The summed E-state index contributed by atoms with van der Waals surface area (Å²) in [6.07, 6.45) is 12.3. The lowest BCUT2D eigenvalue weighted by molar-refractivity contribution is -0.106. The molecule has 0 radical (unpaired) electrons. The van der Waals surface area contributed by atoms with Crippen molar-refractivity contribution in [3.8, 4) is 5.75 Å². The van der Waals surface area contributed by atoms with E-state index >= 15 is 0 Å². The van der Waals surface area contributed by atoms with Crippen LogP contribution < -0.4 is 26.0 Å². The molecule has 44 heavy (non-hydrogen) atoms. The van der Waals surface area contributed by atoms with Gasteiger partial charge in [-0.15, -0.1) is 0 Å². The molecule has 232 valence electrons.